The van der Waals surface area contributed by atoms with Gasteiger partial charge in [0.25, 0.3) is 0 Å². The summed E-state index contributed by atoms with van der Waals surface area (Å²) in [7, 11) is 0. The van der Waals surface area contributed by atoms with Gasteiger partial charge in [0.2, 0.25) is 0 Å². The lowest BCUT2D eigenvalue weighted by molar-refractivity contribution is 0.176. The number of rotatable bonds is 5. The fraction of sp³-hybridized carbons (Fsp3) is 0.385. The molecule has 16 heavy (non-hydrogen) atoms. The molecule has 0 fully saturated rings. The molecule has 3 heteroatoms. The van der Waals surface area contributed by atoms with Gasteiger partial charge >= 0.3 is 0 Å². The van der Waals surface area contributed by atoms with E-state index < -0.39 is 6.10 Å². The first-order valence-corrected chi connectivity index (χ1v) is 5.37. The van der Waals surface area contributed by atoms with Crippen molar-refractivity contribution in [3.63, 3.8) is 0 Å². The van der Waals surface area contributed by atoms with E-state index in [9.17, 15) is 9.50 Å². The number of hydrogen-bond acceptors (Lipinski definition) is 2. The molecule has 2 nitrogen and oxygen atoms in total. The van der Waals surface area contributed by atoms with Crippen LogP contribution in [0.4, 0.5) is 4.39 Å². The quantitative estimate of drug-likeness (QED) is 0.593. The average Bonchev–Trinajstić information content (AvgIpc) is 2.25. The first-order chi connectivity index (χ1) is 7.59. The molecule has 0 spiro atoms. The van der Waals surface area contributed by atoms with Crippen LogP contribution in [0.25, 0.3) is 0 Å². The van der Waals surface area contributed by atoms with Crippen molar-refractivity contribution < 1.29 is 9.50 Å². The van der Waals surface area contributed by atoms with Crippen molar-refractivity contribution >= 4 is 0 Å². The zero-order valence-corrected chi connectivity index (χ0v) is 9.70. The van der Waals surface area contributed by atoms with Gasteiger partial charge < -0.3 is 10.4 Å². The molecular weight excluding hydrogens is 205 g/mol. The molecule has 1 rings (SSSR count). The highest BCUT2D eigenvalue weighted by molar-refractivity contribution is 5.18. The van der Waals surface area contributed by atoms with Crippen LogP contribution in [-0.2, 0) is 0 Å². The van der Waals surface area contributed by atoms with Crippen LogP contribution in [-0.4, -0.2) is 18.2 Å². The Kier molecular flexibility index (Phi) is 5.15. The lowest BCUT2D eigenvalue weighted by Gasteiger charge is -2.11. The standard InChI is InChI=1S/C13H18FNO/c1-10(2)7-8-15-9-13(16)11-3-5-12(14)6-4-11/h3-7,13,15-16H,8-9H2,1-2H3. The second kappa shape index (κ2) is 6.40. The van der Waals surface area contributed by atoms with Crippen molar-refractivity contribution in [1.29, 1.82) is 0 Å². The molecule has 0 aliphatic heterocycles. The summed E-state index contributed by atoms with van der Waals surface area (Å²) in [6, 6.07) is 5.91. The second-order valence-corrected chi connectivity index (χ2v) is 4.01. The van der Waals surface area contributed by atoms with Gasteiger partial charge in [0.1, 0.15) is 5.82 Å². The minimum atomic E-state index is -0.592. The minimum Gasteiger partial charge on any atom is -0.387 e. The van der Waals surface area contributed by atoms with Gasteiger partial charge in [-0.15, -0.1) is 0 Å². The first kappa shape index (κ1) is 12.9. The fourth-order valence-electron chi connectivity index (χ4n) is 1.30. The molecule has 0 aliphatic carbocycles. The zero-order chi connectivity index (χ0) is 12.0. The Balaban J connectivity index is 2.38. The Morgan fingerprint density at radius 3 is 2.56 bits per heavy atom. The molecule has 0 saturated carbocycles. The first-order valence-electron chi connectivity index (χ1n) is 5.37. The van der Waals surface area contributed by atoms with E-state index in [1.807, 2.05) is 13.8 Å². The normalized spacial score (nSPS) is 12.2. The van der Waals surface area contributed by atoms with E-state index in [1.165, 1.54) is 17.7 Å². The SMILES string of the molecule is CC(C)=CCNCC(O)c1ccc(F)cc1. The number of halogens is 1. The summed E-state index contributed by atoms with van der Waals surface area (Å²) >= 11 is 0. The van der Waals surface area contributed by atoms with Crippen LogP contribution in [0, 0.1) is 5.82 Å². The van der Waals surface area contributed by atoms with E-state index in [1.54, 1.807) is 12.1 Å². The van der Waals surface area contributed by atoms with Crippen LogP contribution >= 0.6 is 0 Å². The topological polar surface area (TPSA) is 32.3 Å². The molecule has 1 unspecified atom stereocenters. The van der Waals surface area contributed by atoms with E-state index >= 15 is 0 Å². The summed E-state index contributed by atoms with van der Waals surface area (Å²) in [6.07, 6.45) is 1.46. The lowest BCUT2D eigenvalue weighted by atomic mass is 10.1. The molecule has 1 aromatic rings. The maximum Gasteiger partial charge on any atom is 0.123 e. The fourth-order valence-corrected chi connectivity index (χ4v) is 1.30. The van der Waals surface area contributed by atoms with E-state index in [4.69, 9.17) is 0 Å². The van der Waals surface area contributed by atoms with E-state index in [0.717, 1.165) is 12.1 Å². The van der Waals surface area contributed by atoms with E-state index in [2.05, 4.69) is 11.4 Å². The molecule has 0 aliphatic rings. The number of aliphatic hydroxyl groups is 1. The maximum atomic E-state index is 12.6. The highest BCUT2D eigenvalue weighted by atomic mass is 19.1. The highest BCUT2D eigenvalue weighted by Gasteiger charge is 2.05. The minimum absolute atomic E-state index is 0.284. The Bertz CT molecular complexity index is 341. The summed E-state index contributed by atoms with van der Waals surface area (Å²) in [4.78, 5) is 0. The van der Waals surface area contributed by atoms with Crippen molar-refractivity contribution in [3.8, 4) is 0 Å². The Morgan fingerprint density at radius 1 is 1.38 bits per heavy atom. The molecular formula is C13H18FNO. The molecule has 1 aromatic carbocycles. The third-order valence-electron chi connectivity index (χ3n) is 2.25. The van der Waals surface area contributed by atoms with Crippen molar-refractivity contribution in [2.24, 2.45) is 0 Å². The molecule has 0 heterocycles. The summed E-state index contributed by atoms with van der Waals surface area (Å²) in [5.41, 5.74) is 1.97. The van der Waals surface area contributed by atoms with Gasteiger partial charge in [0.15, 0.2) is 0 Å². The van der Waals surface area contributed by atoms with Gasteiger partial charge in [-0.2, -0.15) is 0 Å². The second-order valence-electron chi connectivity index (χ2n) is 4.01. The van der Waals surface area contributed by atoms with Gasteiger partial charge in [-0.25, -0.2) is 4.39 Å². The lowest BCUT2D eigenvalue weighted by Crippen LogP contribution is -2.21. The summed E-state index contributed by atoms with van der Waals surface area (Å²) in [5, 5.41) is 12.9. The van der Waals surface area contributed by atoms with Crippen molar-refractivity contribution in [2.75, 3.05) is 13.1 Å². The molecule has 0 saturated heterocycles. The number of benzene rings is 1. The number of nitrogens with one attached hydrogen (secondary N) is 1. The van der Waals surface area contributed by atoms with Crippen molar-refractivity contribution in [3.05, 3.63) is 47.3 Å². The van der Waals surface area contributed by atoms with Crippen LogP contribution < -0.4 is 5.32 Å². The summed E-state index contributed by atoms with van der Waals surface area (Å²) in [6.45, 7) is 5.26. The third kappa shape index (κ3) is 4.55. The van der Waals surface area contributed by atoms with Crippen LogP contribution in [0.2, 0.25) is 0 Å². The Hall–Kier alpha value is -1.19. The monoisotopic (exact) mass is 223 g/mol. The predicted octanol–water partition coefficient (Wildman–Crippen LogP) is 2.41. The van der Waals surface area contributed by atoms with Gasteiger partial charge in [0.05, 0.1) is 6.10 Å². The smallest absolute Gasteiger partial charge is 0.123 e. The molecule has 0 amide bonds. The third-order valence-corrected chi connectivity index (χ3v) is 2.25. The summed E-state index contributed by atoms with van der Waals surface area (Å²) < 4.78 is 12.6. The van der Waals surface area contributed by atoms with Gasteiger partial charge in [0, 0.05) is 13.1 Å². The van der Waals surface area contributed by atoms with Crippen molar-refractivity contribution in [1.82, 2.24) is 5.32 Å². The highest BCUT2D eigenvalue weighted by Crippen LogP contribution is 2.12. The molecule has 0 aromatic heterocycles. The Labute approximate surface area is 95.8 Å². The Morgan fingerprint density at radius 2 is 2.00 bits per heavy atom. The van der Waals surface area contributed by atoms with Crippen LogP contribution in [0.1, 0.15) is 25.5 Å². The largest absolute Gasteiger partial charge is 0.387 e. The average molecular weight is 223 g/mol. The molecule has 0 bridgehead atoms. The molecule has 1 atom stereocenters. The van der Waals surface area contributed by atoms with Crippen LogP contribution in [0.3, 0.4) is 0 Å². The van der Waals surface area contributed by atoms with Crippen molar-refractivity contribution in [2.45, 2.75) is 20.0 Å². The van der Waals surface area contributed by atoms with Gasteiger partial charge in [-0.3, -0.25) is 0 Å². The number of hydrogen-bond donors (Lipinski definition) is 2. The van der Waals surface area contributed by atoms with E-state index in [0.29, 0.717) is 6.54 Å². The van der Waals surface area contributed by atoms with Crippen LogP contribution in [0.15, 0.2) is 35.9 Å². The number of allylic oxidation sites excluding steroid dienone is 1. The molecule has 2 N–H and O–H groups in total. The predicted molar refractivity (Wildman–Crippen MR) is 63.7 cm³/mol. The summed E-state index contributed by atoms with van der Waals surface area (Å²) in [5.74, 6) is -0.284. The van der Waals surface area contributed by atoms with Gasteiger partial charge in [-0.05, 0) is 31.5 Å². The van der Waals surface area contributed by atoms with Crippen LogP contribution in [0.5, 0.6) is 0 Å². The molecule has 88 valence electrons. The maximum absolute atomic E-state index is 12.6. The molecule has 0 radical (unpaired) electrons. The number of aliphatic hydroxyl groups excluding tert-OH is 1. The van der Waals surface area contributed by atoms with Gasteiger partial charge in [-0.1, -0.05) is 23.8 Å². The zero-order valence-electron chi connectivity index (χ0n) is 9.70. The van der Waals surface area contributed by atoms with E-state index in [-0.39, 0.29) is 5.82 Å².